The molecule has 104 valence electrons. The van der Waals surface area contributed by atoms with Crippen molar-refractivity contribution >= 4 is 23.6 Å². The van der Waals surface area contributed by atoms with E-state index in [2.05, 4.69) is 0 Å². The number of ketones is 1. The summed E-state index contributed by atoms with van der Waals surface area (Å²) < 4.78 is 62.2. The smallest absolute Gasteiger partial charge is 0.286 e. The summed E-state index contributed by atoms with van der Waals surface area (Å²) >= 11 is 0.547. The molecule has 1 nitrogen and oxygen atoms in total. The fourth-order valence-electron chi connectivity index (χ4n) is 1.20. The fourth-order valence-corrected chi connectivity index (χ4v) is 1.77. The Morgan fingerprint density at radius 3 is 2.05 bits per heavy atom. The van der Waals surface area contributed by atoms with E-state index in [1.165, 1.54) is 18.4 Å². The maximum absolute atomic E-state index is 12.9. The van der Waals surface area contributed by atoms with Gasteiger partial charge < -0.3 is 0 Å². The SMILES string of the molecule is CS/C(=C\c1ccccc1)C(=O)C(F)(F)C(F)(F)F. The molecule has 0 saturated carbocycles. The van der Waals surface area contributed by atoms with Crippen molar-refractivity contribution in [1.29, 1.82) is 0 Å². The second-order valence-electron chi connectivity index (χ2n) is 3.52. The van der Waals surface area contributed by atoms with Gasteiger partial charge in [0.05, 0.1) is 4.91 Å². The summed E-state index contributed by atoms with van der Waals surface area (Å²) in [6.45, 7) is 0. The molecule has 0 unspecified atom stereocenters. The summed E-state index contributed by atoms with van der Waals surface area (Å²) in [5.41, 5.74) is 0.373. The minimum atomic E-state index is -5.89. The molecule has 0 aromatic heterocycles. The van der Waals surface area contributed by atoms with Crippen molar-refractivity contribution in [1.82, 2.24) is 0 Å². The number of rotatable bonds is 4. The van der Waals surface area contributed by atoms with E-state index in [1.54, 1.807) is 18.2 Å². The van der Waals surface area contributed by atoms with Crippen LogP contribution in [-0.4, -0.2) is 24.1 Å². The fraction of sp³-hybridized carbons (Fsp3) is 0.250. The topological polar surface area (TPSA) is 17.1 Å². The molecule has 0 aliphatic heterocycles. The first-order valence-electron chi connectivity index (χ1n) is 5.00. The van der Waals surface area contributed by atoms with Crippen LogP contribution in [0.5, 0.6) is 0 Å². The molecule has 0 spiro atoms. The van der Waals surface area contributed by atoms with Crippen molar-refractivity contribution in [3.8, 4) is 0 Å². The second-order valence-corrected chi connectivity index (χ2v) is 4.37. The first-order valence-corrected chi connectivity index (χ1v) is 6.22. The second kappa shape index (κ2) is 5.73. The molecule has 0 aliphatic carbocycles. The largest absolute Gasteiger partial charge is 0.461 e. The van der Waals surface area contributed by atoms with E-state index in [1.807, 2.05) is 0 Å². The number of hydrogen-bond donors (Lipinski definition) is 0. The quantitative estimate of drug-likeness (QED) is 0.613. The molecule has 7 heteroatoms. The van der Waals surface area contributed by atoms with Crippen LogP contribution < -0.4 is 0 Å². The Morgan fingerprint density at radius 1 is 1.11 bits per heavy atom. The van der Waals surface area contributed by atoms with Crippen molar-refractivity contribution in [2.75, 3.05) is 6.26 Å². The van der Waals surface area contributed by atoms with Crippen LogP contribution in [0.4, 0.5) is 22.0 Å². The third-order valence-corrected chi connectivity index (χ3v) is 2.93. The Hall–Kier alpha value is -1.37. The van der Waals surface area contributed by atoms with Gasteiger partial charge in [-0.15, -0.1) is 11.8 Å². The van der Waals surface area contributed by atoms with Gasteiger partial charge in [0.25, 0.3) is 0 Å². The molecule has 0 aliphatic rings. The highest BCUT2D eigenvalue weighted by Gasteiger charge is 2.63. The molecular formula is C12H9F5OS. The average molecular weight is 296 g/mol. The Bertz CT molecular complexity index is 479. The number of allylic oxidation sites excluding steroid dienone is 1. The molecule has 0 atom stereocenters. The van der Waals surface area contributed by atoms with Crippen molar-refractivity contribution < 1.29 is 26.7 Å². The number of alkyl halides is 5. The van der Waals surface area contributed by atoms with Crippen LogP contribution in [0.25, 0.3) is 6.08 Å². The number of thioether (sulfide) groups is 1. The summed E-state index contributed by atoms with van der Waals surface area (Å²) in [5.74, 6) is -7.62. The van der Waals surface area contributed by atoms with E-state index in [0.29, 0.717) is 17.3 Å². The molecule has 0 radical (unpaired) electrons. The van der Waals surface area contributed by atoms with Crippen molar-refractivity contribution in [3.63, 3.8) is 0 Å². The van der Waals surface area contributed by atoms with Gasteiger partial charge in [-0.1, -0.05) is 30.3 Å². The Kier molecular flexibility index (Phi) is 4.73. The van der Waals surface area contributed by atoms with E-state index in [-0.39, 0.29) is 0 Å². The van der Waals surface area contributed by atoms with Crippen LogP contribution >= 0.6 is 11.8 Å². The molecule has 19 heavy (non-hydrogen) atoms. The standard InChI is InChI=1S/C12H9F5OS/c1-19-9(7-8-5-3-2-4-6-8)10(18)11(13,14)12(15,16)17/h2-7H,1H3/b9-7-. The molecule has 0 N–H and O–H groups in total. The third kappa shape index (κ3) is 3.56. The van der Waals surface area contributed by atoms with Crippen LogP contribution in [0.15, 0.2) is 35.2 Å². The highest BCUT2D eigenvalue weighted by Crippen LogP contribution is 2.39. The van der Waals surface area contributed by atoms with Gasteiger partial charge >= 0.3 is 12.1 Å². The maximum atomic E-state index is 12.9. The average Bonchev–Trinajstić information content (AvgIpc) is 2.35. The molecule has 0 bridgehead atoms. The first kappa shape index (κ1) is 15.7. The predicted octanol–water partition coefficient (Wildman–Crippen LogP) is 4.16. The monoisotopic (exact) mass is 296 g/mol. The van der Waals surface area contributed by atoms with Crippen LogP contribution in [-0.2, 0) is 4.79 Å². The Balaban J connectivity index is 3.12. The number of hydrogen-bond acceptors (Lipinski definition) is 2. The summed E-state index contributed by atoms with van der Waals surface area (Å²) in [5, 5.41) is 0. The van der Waals surface area contributed by atoms with E-state index in [4.69, 9.17) is 0 Å². The highest BCUT2D eigenvalue weighted by atomic mass is 32.2. The lowest BCUT2D eigenvalue weighted by atomic mass is 10.1. The van der Waals surface area contributed by atoms with Crippen LogP contribution in [0.2, 0.25) is 0 Å². The van der Waals surface area contributed by atoms with Crippen LogP contribution in [0.3, 0.4) is 0 Å². The van der Waals surface area contributed by atoms with E-state index >= 15 is 0 Å². The number of benzene rings is 1. The van der Waals surface area contributed by atoms with E-state index in [0.717, 1.165) is 6.08 Å². The summed E-state index contributed by atoms with van der Waals surface area (Å²) in [6, 6.07) is 7.80. The van der Waals surface area contributed by atoms with Crippen molar-refractivity contribution in [3.05, 3.63) is 40.8 Å². The maximum Gasteiger partial charge on any atom is 0.461 e. The zero-order valence-electron chi connectivity index (χ0n) is 9.67. The number of halogens is 5. The van der Waals surface area contributed by atoms with E-state index in [9.17, 15) is 26.7 Å². The van der Waals surface area contributed by atoms with Gasteiger partial charge in [-0.3, -0.25) is 4.79 Å². The lowest BCUT2D eigenvalue weighted by Gasteiger charge is -2.18. The van der Waals surface area contributed by atoms with Gasteiger partial charge in [0, 0.05) is 0 Å². The van der Waals surface area contributed by atoms with Crippen LogP contribution in [0.1, 0.15) is 5.56 Å². The van der Waals surface area contributed by atoms with Crippen LogP contribution in [0, 0.1) is 0 Å². The van der Waals surface area contributed by atoms with Gasteiger partial charge in [0.1, 0.15) is 0 Å². The minimum absolute atomic E-state index is 0.373. The number of Topliss-reactive ketones (excluding diaryl/α,β-unsaturated/α-hetero) is 1. The Morgan fingerprint density at radius 2 is 1.63 bits per heavy atom. The minimum Gasteiger partial charge on any atom is -0.286 e. The summed E-state index contributed by atoms with van der Waals surface area (Å²) in [6.07, 6.45) is -3.62. The molecule has 0 heterocycles. The zero-order chi connectivity index (χ0) is 14.7. The van der Waals surface area contributed by atoms with Gasteiger partial charge in [-0.25, -0.2) is 0 Å². The number of carbonyl (C=O) groups excluding carboxylic acids is 1. The molecule has 0 fully saturated rings. The molecule has 1 rings (SSSR count). The summed E-state index contributed by atoms with van der Waals surface area (Å²) in [4.78, 5) is 10.6. The normalized spacial score (nSPS) is 13.5. The van der Waals surface area contributed by atoms with Gasteiger partial charge in [0.2, 0.25) is 5.78 Å². The Labute approximate surface area is 110 Å². The summed E-state index contributed by atoms with van der Waals surface area (Å²) in [7, 11) is 0. The predicted molar refractivity (Wildman–Crippen MR) is 63.9 cm³/mol. The zero-order valence-corrected chi connectivity index (χ0v) is 10.5. The van der Waals surface area contributed by atoms with Crippen molar-refractivity contribution in [2.45, 2.75) is 12.1 Å². The molecule has 0 amide bonds. The first-order chi connectivity index (χ1) is 8.70. The number of carbonyl (C=O) groups is 1. The molecule has 0 saturated heterocycles. The van der Waals surface area contributed by atoms with E-state index < -0.39 is 22.8 Å². The lowest BCUT2D eigenvalue weighted by molar-refractivity contribution is -0.266. The lowest BCUT2D eigenvalue weighted by Crippen LogP contribution is -2.44. The van der Waals surface area contributed by atoms with Gasteiger partial charge in [-0.2, -0.15) is 22.0 Å². The third-order valence-electron chi connectivity index (χ3n) is 2.18. The van der Waals surface area contributed by atoms with Gasteiger partial charge in [0.15, 0.2) is 0 Å². The molecule has 1 aromatic rings. The highest BCUT2D eigenvalue weighted by molar-refractivity contribution is 8.03. The molecular weight excluding hydrogens is 287 g/mol. The van der Waals surface area contributed by atoms with Crippen molar-refractivity contribution in [2.24, 2.45) is 0 Å². The van der Waals surface area contributed by atoms with Gasteiger partial charge in [-0.05, 0) is 17.9 Å². The molecule has 1 aromatic carbocycles.